The summed E-state index contributed by atoms with van der Waals surface area (Å²) in [6.45, 7) is 8.09. The number of hydrogen-bond acceptors (Lipinski definition) is 3. The molecule has 0 amide bonds. The molecule has 0 heterocycles. The number of nitrogens with zero attached hydrogens (tertiary/aromatic N) is 1. The molecule has 0 aliphatic heterocycles. The van der Waals surface area contributed by atoms with Crippen LogP contribution in [-0.2, 0) is 11.3 Å². The summed E-state index contributed by atoms with van der Waals surface area (Å²) in [5.74, 6) is 0.691. The first-order valence-electron chi connectivity index (χ1n) is 9.51. The summed E-state index contributed by atoms with van der Waals surface area (Å²) in [7, 11) is 0. The SMILES string of the molecule is CCNC(=NCc1ccccc1C)NCC(O)COC(C)c1ccccc1.I. The number of aliphatic hydroxyl groups is 1. The first-order valence-corrected chi connectivity index (χ1v) is 9.51. The van der Waals surface area contributed by atoms with Gasteiger partial charge in [-0.2, -0.15) is 0 Å². The van der Waals surface area contributed by atoms with E-state index in [0.29, 0.717) is 19.0 Å². The summed E-state index contributed by atoms with van der Waals surface area (Å²) >= 11 is 0. The third-order valence-electron chi connectivity index (χ3n) is 4.33. The van der Waals surface area contributed by atoms with Crippen LogP contribution in [0.5, 0.6) is 0 Å². The van der Waals surface area contributed by atoms with Crippen LogP contribution in [0, 0.1) is 6.92 Å². The summed E-state index contributed by atoms with van der Waals surface area (Å²) in [5.41, 5.74) is 3.52. The second-order valence-corrected chi connectivity index (χ2v) is 6.54. The topological polar surface area (TPSA) is 65.9 Å². The summed E-state index contributed by atoms with van der Waals surface area (Å²) in [5, 5.41) is 16.6. The molecule has 2 atom stereocenters. The molecule has 0 spiro atoms. The van der Waals surface area contributed by atoms with Crippen molar-refractivity contribution in [2.45, 2.75) is 39.5 Å². The zero-order valence-electron chi connectivity index (χ0n) is 16.9. The van der Waals surface area contributed by atoms with Crippen LogP contribution in [0.15, 0.2) is 59.6 Å². The Kier molecular flexibility index (Phi) is 11.8. The fraction of sp³-hybridized carbons (Fsp3) is 0.409. The second kappa shape index (κ2) is 13.5. The summed E-state index contributed by atoms with van der Waals surface area (Å²) in [6.07, 6.45) is -0.665. The van der Waals surface area contributed by atoms with Crippen molar-refractivity contribution in [2.75, 3.05) is 19.7 Å². The molecule has 2 unspecified atom stereocenters. The molecule has 0 fully saturated rings. The van der Waals surface area contributed by atoms with Gasteiger partial charge in [0.05, 0.1) is 25.4 Å². The zero-order chi connectivity index (χ0) is 19.5. The molecule has 0 bridgehead atoms. The smallest absolute Gasteiger partial charge is 0.191 e. The lowest BCUT2D eigenvalue weighted by molar-refractivity contribution is -0.000599. The number of ether oxygens (including phenoxy) is 1. The minimum atomic E-state index is -0.613. The van der Waals surface area contributed by atoms with Gasteiger partial charge in [0.15, 0.2) is 5.96 Å². The van der Waals surface area contributed by atoms with Crippen molar-refractivity contribution < 1.29 is 9.84 Å². The van der Waals surface area contributed by atoms with E-state index in [1.165, 1.54) is 11.1 Å². The van der Waals surface area contributed by atoms with Gasteiger partial charge in [-0.05, 0) is 37.5 Å². The molecule has 0 saturated carbocycles. The van der Waals surface area contributed by atoms with Crippen LogP contribution in [0.3, 0.4) is 0 Å². The zero-order valence-corrected chi connectivity index (χ0v) is 19.2. The van der Waals surface area contributed by atoms with Gasteiger partial charge in [0, 0.05) is 13.1 Å². The average Bonchev–Trinajstić information content (AvgIpc) is 2.70. The molecule has 2 aromatic rings. The quantitative estimate of drug-likeness (QED) is 0.280. The normalized spacial score (nSPS) is 13.4. The Balaban J connectivity index is 0.00000392. The van der Waals surface area contributed by atoms with Crippen molar-refractivity contribution in [1.29, 1.82) is 0 Å². The van der Waals surface area contributed by atoms with Crippen molar-refractivity contribution in [3.05, 3.63) is 71.3 Å². The summed E-state index contributed by atoms with van der Waals surface area (Å²) in [4.78, 5) is 4.60. The fourth-order valence-electron chi connectivity index (χ4n) is 2.64. The Bertz CT molecular complexity index is 710. The van der Waals surface area contributed by atoms with Gasteiger partial charge in [-0.15, -0.1) is 24.0 Å². The highest BCUT2D eigenvalue weighted by molar-refractivity contribution is 14.0. The van der Waals surface area contributed by atoms with E-state index in [0.717, 1.165) is 12.1 Å². The number of aryl methyl sites for hydroxylation is 1. The Hall–Kier alpha value is -1.64. The van der Waals surface area contributed by atoms with Crippen LogP contribution in [0.1, 0.15) is 36.6 Å². The third kappa shape index (κ3) is 8.58. The maximum atomic E-state index is 10.2. The molecule has 0 aliphatic rings. The van der Waals surface area contributed by atoms with Crippen molar-refractivity contribution in [3.63, 3.8) is 0 Å². The molecule has 2 aromatic carbocycles. The van der Waals surface area contributed by atoms with Crippen molar-refractivity contribution in [3.8, 4) is 0 Å². The Labute approximate surface area is 185 Å². The second-order valence-electron chi connectivity index (χ2n) is 6.54. The standard InChI is InChI=1S/C22H31N3O2.HI/c1-4-23-22(24-14-20-13-9-8-10-17(20)2)25-15-21(26)16-27-18(3)19-11-6-5-7-12-19;/h5-13,18,21,26H,4,14-16H2,1-3H3,(H2,23,24,25);1H. The molecule has 0 aliphatic carbocycles. The van der Waals surface area contributed by atoms with Crippen LogP contribution in [-0.4, -0.2) is 36.9 Å². The molecule has 28 heavy (non-hydrogen) atoms. The molecule has 5 nitrogen and oxygen atoms in total. The first-order chi connectivity index (χ1) is 13.1. The Morgan fingerprint density at radius 2 is 1.75 bits per heavy atom. The molecular weight excluding hydrogens is 465 g/mol. The Morgan fingerprint density at radius 3 is 2.43 bits per heavy atom. The van der Waals surface area contributed by atoms with Crippen LogP contribution >= 0.6 is 24.0 Å². The third-order valence-corrected chi connectivity index (χ3v) is 4.33. The number of guanidine groups is 1. The van der Waals surface area contributed by atoms with Gasteiger partial charge in [-0.3, -0.25) is 0 Å². The minimum Gasteiger partial charge on any atom is -0.389 e. The maximum Gasteiger partial charge on any atom is 0.191 e. The van der Waals surface area contributed by atoms with Crippen LogP contribution in [0.2, 0.25) is 0 Å². The van der Waals surface area contributed by atoms with Crippen molar-refractivity contribution in [1.82, 2.24) is 10.6 Å². The Morgan fingerprint density at radius 1 is 1.07 bits per heavy atom. The lowest BCUT2D eigenvalue weighted by Gasteiger charge is -2.18. The molecule has 0 aromatic heterocycles. The van der Waals surface area contributed by atoms with E-state index in [1.54, 1.807) is 0 Å². The fourth-order valence-corrected chi connectivity index (χ4v) is 2.64. The van der Waals surface area contributed by atoms with E-state index in [-0.39, 0.29) is 36.7 Å². The minimum absolute atomic E-state index is 0. The number of halogens is 1. The number of nitrogens with one attached hydrogen (secondary N) is 2. The van der Waals surface area contributed by atoms with Crippen LogP contribution in [0.25, 0.3) is 0 Å². The van der Waals surface area contributed by atoms with E-state index in [9.17, 15) is 5.11 Å². The number of hydrogen-bond donors (Lipinski definition) is 3. The number of aliphatic hydroxyl groups excluding tert-OH is 1. The highest BCUT2D eigenvalue weighted by atomic mass is 127. The van der Waals surface area contributed by atoms with Gasteiger partial charge in [0.2, 0.25) is 0 Å². The van der Waals surface area contributed by atoms with Gasteiger partial charge >= 0.3 is 0 Å². The van der Waals surface area contributed by atoms with E-state index in [2.05, 4.69) is 34.7 Å². The van der Waals surface area contributed by atoms with E-state index in [4.69, 9.17) is 4.74 Å². The predicted octanol–water partition coefficient (Wildman–Crippen LogP) is 3.81. The van der Waals surface area contributed by atoms with Crippen molar-refractivity contribution in [2.24, 2.45) is 4.99 Å². The van der Waals surface area contributed by atoms with E-state index in [1.807, 2.05) is 56.3 Å². The molecule has 6 heteroatoms. The summed E-state index contributed by atoms with van der Waals surface area (Å²) in [6, 6.07) is 18.2. The molecule has 0 radical (unpaired) electrons. The van der Waals surface area contributed by atoms with Crippen LogP contribution < -0.4 is 10.6 Å². The first kappa shape index (κ1) is 24.4. The number of aliphatic imine (C=N–C) groups is 1. The largest absolute Gasteiger partial charge is 0.389 e. The maximum absolute atomic E-state index is 10.2. The highest BCUT2D eigenvalue weighted by Gasteiger charge is 2.10. The van der Waals surface area contributed by atoms with Crippen molar-refractivity contribution >= 4 is 29.9 Å². The van der Waals surface area contributed by atoms with E-state index < -0.39 is 6.10 Å². The van der Waals surface area contributed by atoms with E-state index >= 15 is 0 Å². The highest BCUT2D eigenvalue weighted by Crippen LogP contribution is 2.15. The van der Waals surface area contributed by atoms with Gasteiger partial charge in [0.1, 0.15) is 0 Å². The molecule has 3 N–H and O–H groups in total. The lowest BCUT2D eigenvalue weighted by atomic mass is 10.1. The van der Waals surface area contributed by atoms with Gasteiger partial charge in [-0.1, -0.05) is 54.6 Å². The number of benzene rings is 2. The van der Waals surface area contributed by atoms with Gasteiger partial charge in [-0.25, -0.2) is 4.99 Å². The predicted molar refractivity (Wildman–Crippen MR) is 126 cm³/mol. The van der Waals surface area contributed by atoms with Gasteiger partial charge < -0.3 is 20.5 Å². The molecular formula is C22H32IN3O2. The molecule has 154 valence electrons. The average molecular weight is 497 g/mol. The summed E-state index contributed by atoms with van der Waals surface area (Å²) < 4.78 is 5.78. The van der Waals surface area contributed by atoms with Gasteiger partial charge in [0.25, 0.3) is 0 Å². The monoisotopic (exact) mass is 497 g/mol. The number of rotatable bonds is 9. The lowest BCUT2D eigenvalue weighted by Crippen LogP contribution is -2.42. The molecule has 2 rings (SSSR count). The molecule has 0 saturated heterocycles. The van der Waals surface area contributed by atoms with Crippen LogP contribution in [0.4, 0.5) is 0 Å².